The Bertz CT molecular complexity index is 369. The quantitative estimate of drug-likeness (QED) is 0.818. The number of hydrogen-bond donors (Lipinski definition) is 1. The van der Waals surface area contributed by atoms with Crippen molar-refractivity contribution in [2.45, 2.75) is 18.8 Å². The molecule has 88 valence electrons. The smallest absolute Gasteiger partial charge is 0.416 e. The molecule has 0 aromatic heterocycles. The molecule has 1 aromatic carbocycles. The number of aliphatic carboxylic acids is 1. The number of carbonyl (C=O) groups is 1. The topological polar surface area (TPSA) is 37.3 Å². The van der Waals surface area contributed by atoms with Gasteiger partial charge in [0.05, 0.1) is 12.0 Å². The first-order valence-electron chi connectivity index (χ1n) is 4.33. The Morgan fingerprint density at radius 1 is 1.25 bits per heavy atom. The fourth-order valence-electron chi connectivity index (χ4n) is 1.15. The van der Waals surface area contributed by atoms with Gasteiger partial charge in [-0.05, 0) is 17.7 Å². The summed E-state index contributed by atoms with van der Waals surface area (Å²) >= 11 is 0. The van der Waals surface area contributed by atoms with Gasteiger partial charge in [0.25, 0.3) is 0 Å². The van der Waals surface area contributed by atoms with Crippen molar-refractivity contribution in [3.05, 3.63) is 35.4 Å². The fourth-order valence-corrected chi connectivity index (χ4v) is 1.15. The van der Waals surface area contributed by atoms with Gasteiger partial charge in [-0.2, -0.15) is 13.2 Å². The number of rotatable bonds is 3. The maximum Gasteiger partial charge on any atom is 0.416 e. The molecule has 0 aliphatic carbocycles. The molecule has 0 fully saturated rings. The predicted octanol–water partition coefficient (Wildman–Crippen LogP) is 3.19. The second-order valence-electron chi connectivity index (χ2n) is 3.19. The van der Waals surface area contributed by atoms with Gasteiger partial charge in [0.1, 0.15) is 6.17 Å². The first-order chi connectivity index (χ1) is 7.30. The first kappa shape index (κ1) is 12.5. The van der Waals surface area contributed by atoms with Gasteiger partial charge in [-0.15, -0.1) is 0 Å². The van der Waals surface area contributed by atoms with Crippen LogP contribution in [0.15, 0.2) is 24.3 Å². The van der Waals surface area contributed by atoms with Crippen molar-refractivity contribution < 1.29 is 27.5 Å². The predicted molar refractivity (Wildman–Crippen MR) is 47.5 cm³/mol. The molecule has 6 heteroatoms. The summed E-state index contributed by atoms with van der Waals surface area (Å²) in [6.45, 7) is 0. The molecule has 0 aliphatic heterocycles. The van der Waals surface area contributed by atoms with E-state index in [9.17, 15) is 22.4 Å². The van der Waals surface area contributed by atoms with Crippen molar-refractivity contribution in [1.82, 2.24) is 0 Å². The van der Waals surface area contributed by atoms with Crippen LogP contribution in [0.1, 0.15) is 23.7 Å². The molecule has 0 bridgehead atoms. The molecule has 1 aromatic rings. The van der Waals surface area contributed by atoms with Gasteiger partial charge in [-0.1, -0.05) is 12.1 Å². The highest BCUT2D eigenvalue weighted by molar-refractivity contribution is 5.67. The van der Waals surface area contributed by atoms with Crippen LogP contribution in [-0.4, -0.2) is 11.1 Å². The average molecular weight is 236 g/mol. The summed E-state index contributed by atoms with van der Waals surface area (Å²) in [6, 6.07) is 3.33. The summed E-state index contributed by atoms with van der Waals surface area (Å²) in [4.78, 5) is 10.2. The number of alkyl halides is 4. The van der Waals surface area contributed by atoms with Crippen LogP contribution in [0.3, 0.4) is 0 Å². The van der Waals surface area contributed by atoms with E-state index >= 15 is 0 Å². The van der Waals surface area contributed by atoms with Crippen molar-refractivity contribution in [2.75, 3.05) is 0 Å². The molecule has 16 heavy (non-hydrogen) atoms. The minimum absolute atomic E-state index is 0.0737. The molecular formula is C10H8F4O2. The van der Waals surface area contributed by atoms with E-state index in [1.807, 2.05) is 0 Å². The number of carboxylic acids is 1. The van der Waals surface area contributed by atoms with E-state index in [4.69, 9.17) is 5.11 Å². The normalized spacial score (nSPS) is 13.5. The first-order valence-corrected chi connectivity index (χ1v) is 4.33. The van der Waals surface area contributed by atoms with Crippen LogP contribution >= 0.6 is 0 Å². The van der Waals surface area contributed by atoms with E-state index in [-0.39, 0.29) is 5.56 Å². The second kappa shape index (κ2) is 4.51. The minimum Gasteiger partial charge on any atom is -0.481 e. The summed E-state index contributed by atoms with van der Waals surface area (Å²) in [5, 5.41) is 8.31. The summed E-state index contributed by atoms with van der Waals surface area (Å²) in [6.07, 6.45) is -7.03. The molecular weight excluding hydrogens is 228 g/mol. The highest BCUT2D eigenvalue weighted by Crippen LogP contribution is 2.30. The van der Waals surface area contributed by atoms with E-state index in [1.165, 1.54) is 0 Å². The number of carboxylic acid groups (broad SMARTS) is 1. The number of benzene rings is 1. The lowest BCUT2D eigenvalue weighted by Gasteiger charge is -2.09. The van der Waals surface area contributed by atoms with Crippen LogP contribution in [0, 0.1) is 0 Å². The lowest BCUT2D eigenvalue weighted by atomic mass is 10.1. The molecule has 0 saturated carbocycles. The maximum absolute atomic E-state index is 13.2. The number of halogens is 4. The van der Waals surface area contributed by atoms with Gasteiger partial charge in [0, 0.05) is 0 Å². The minimum atomic E-state index is -4.48. The van der Waals surface area contributed by atoms with Gasteiger partial charge < -0.3 is 5.11 Å². The third kappa shape index (κ3) is 3.22. The zero-order valence-corrected chi connectivity index (χ0v) is 7.96. The highest BCUT2D eigenvalue weighted by atomic mass is 19.4. The van der Waals surface area contributed by atoms with Gasteiger partial charge >= 0.3 is 12.1 Å². The van der Waals surface area contributed by atoms with Gasteiger partial charge in [-0.3, -0.25) is 4.79 Å². The zero-order valence-electron chi connectivity index (χ0n) is 7.96. The van der Waals surface area contributed by atoms with Crippen LogP contribution < -0.4 is 0 Å². The lowest BCUT2D eigenvalue weighted by Crippen LogP contribution is -2.06. The molecule has 0 radical (unpaired) electrons. The van der Waals surface area contributed by atoms with Crippen molar-refractivity contribution in [3.8, 4) is 0 Å². The van der Waals surface area contributed by atoms with Crippen LogP contribution in [-0.2, 0) is 11.0 Å². The molecule has 0 spiro atoms. The summed E-state index contributed by atoms with van der Waals surface area (Å²) < 4.78 is 49.6. The molecule has 1 N–H and O–H groups in total. The standard InChI is InChI=1S/C10H8F4O2/c11-8(5-9(15)16)6-1-3-7(4-2-6)10(12,13)14/h1-4,8H,5H2,(H,15,16). The van der Waals surface area contributed by atoms with E-state index in [1.54, 1.807) is 0 Å². The number of hydrogen-bond acceptors (Lipinski definition) is 1. The molecule has 0 heterocycles. The third-order valence-electron chi connectivity index (χ3n) is 1.95. The summed E-state index contributed by atoms with van der Waals surface area (Å²) in [5.74, 6) is -1.34. The largest absolute Gasteiger partial charge is 0.481 e. The van der Waals surface area contributed by atoms with Gasteiger partial charge in [0.2, 0.25) is 0 Å². The van der Waals surface area contributed by atoms with Crippen molar-refractivity contribution in [3.63, 3.8) is 0 Å². The molecule has 2 nitrogen and oxygen atoms in total. The lowest BCUT2D eigenvalue weighted by molar-refractivity contribution is -0.139. The van der Waals surface area contributed by atoms with E-state index in [0.29, 0.717) is 0 Å². The zero-order chi connectivity index (χ0) is 12.3. The monoisotopic (exact) mass is 236 g/mol. The SMILES string of the molecule is O=C(O)CC(F)c1ccc(C(F)(F)F)cc1. The van der Waals surface area contributed by atoms with Crippen molar-refractivity contribution in [2.24, 2.45) is 0 Å². The second-order valence-corrected chi connectivity index (χ2v) is 3.19. The third-order valence-corrected chi connectivity index (χ3v) is 1.95. The van der Waals surface area contributed by atoms with Crippen molar-refractivity contribution in [1.29, 1.82) is 0 Å². The van der Waals surface area contributed by atoms with Crippen molar-refractivity contribution >= 4 is 5.97 Å². The average Bonchev–Trinajstić information content (AvgIpc) is 2.15. The Morgan fingerprint density at radius 3 is 2.12 bits per heavy atom. The van der Waals surface area contributed by atoms with Crippen LogP contribution in [0.25, 0.3) is 0 Å². The fraction of sp³-hybridized carbons (Fsp3) is 0.300. The van der Waals surface area contributed by atoms with Crippen LogP contribution in [0.4, 0.5) is 17.6 Å². The Morgan fingerprint density at radius 2 is 1.75 bits per heavy atom. The Balaban J connectivity index is 2.83. The molecule has 1 rings (SSSR count). The Kier molecular flexibility index (Phi) is 3.51. The van der Waals surface area contributed by atoms with Gasteiger partial charge in [0.15, 0.2) is 0 Å². The molecule has 1 unspecified atom stereocenters. The van der Waals surface area contributed by atoms with Gasteiger partial charge in [-0.25, -0.2) is 4.39 Å². The molecule has 0 aliphatic rings. The van der Waals surface area contributed by atoms with Crippen LogP contribution in [0.5, 0.6) is 0 Å². The highest BCUT2D eigenvalue weighted by Gasteiger charge is 2.30. The molecule has 1 atom stereocenters. The molecule has 0 saturated heterocycles. The van der Waals surface area contributed by atoms with Crippen LogP contribution in [0.2, 0.25) is 0 Å². The maximum atomic E-state index is 13.2. The summed E-state index contributed by atoms with van der Waals surface area (Å²) in [5.41, 5.74) is -0.964. The molecule has 0 amide bonds. The Labute approximate surface area is 88.5 Å². The Hall–Kier alpha value is -1.59. The summed E-state index contributed by atoms with van der Waals surface area (Å²) in [7, 11) is 0. The van der Waals surface area contributed by atoms with E-state index in [0.717, 1.165) is 24.3 Å². The van der Waals surface area contributed by atoms with E-state index in [2.05, 4.69) is 0 Å². The van der Waals surface area contributed by atoms with E-state index < -0.39 is 30.3 Å².